The van der Waals surface area contributed by atoms with Crippen molar-refractivity contribution in [2.75, 3.05) is 10.6 Å². The van der Waals surface area contributed by atoms with Crippen molar-refractivity contribution in [2.24, 2.45) is 5.92 Å². The quantitative estimate of drug-likeness (QED) is 0.738. The van der Waals surface area contributed by atoms with Gasteiger partial charge in [-0.2, -0.15) is 0 Å². The predicted octanol–water partition coefficient (Wildman–Crippen LogP) is 4.43. The molecule has 2 rings (SSSR count). The first kappa shape index (κ1) is 18.8. The van der Waals surface area contributed by atoms with E-state index in [9.17, 15) is 9.59 Å². The van der Waals surface area contributed by atoms with E-state index in [1.54, 1.807) is 24.3 Å². The van der Waals surface area contributed by atoms with E-state index >= 15 is 0 Å². The van der Waals surface area contributed by atoms with Gasteiger partial charge in [0.15, 0.2) is 0 Å². The molecule has 25 heavy (non-hydrogen) atoms. The molecule has 3 amide bonds. The molecule has 1 atom stereocenters. The lowest BCUT2D eigenvalue weighted by atomic mass is 10.0. The van der Waals surface area contributed by atoms with Gasteiger partial charge in [-0.05, 0) is 42.7 Å². The van der Waals surface area contributed by atoms with Crippen LogP contribution in [0.5, 0.6) is 0 Å². The third-order valence-corrected chi connectivity index (χ3v) is 4.11. The second-order valence-corrected chi connectivity index (χ2v) is 6.55. The highest BCUT2D eigenvalue weighted by atomic mass is 35.5. The summed E-state index contributed by atoms with van der Waals surface area (Å²) in [6.45, 7) is 5.63. The van der Waals surface area contributed by atoms with Gasteiger partial charge in [0.25, 0.3) is 0 Å². The number of hydrogen-bond donors (Lipinski definition) is 3. The van der Waals surface area contributed by atoms with E-state index in [0.717, 1.165) is 5.56 Å². The SMILES string of the molecule is Cc1ccc(NC(=O)C(NC(=O)Nc2ccccc2)C(C)C)cc1Cl. The third-order valence-electron chi connectivity index (χ3n) is 3.71. The van der Waals surface area contributed by atoms with Crippen LogP contribution in [0.15, 0.2) is 48.5 Å². The highest BCUT2D eigenvalue weighted by Crippen LogP contribution is 2.20. The van der Waals surface area contributed by atoms with Gasteiger partial charge in [-0.15, -0.1) is 0 Å². The summed E-state index contributed by atoms with van der Waals surface area (Å²) in [4.78, 5) is 24.7. The van der Waals surface area contributed by atoms with Crippen LogP contribution in [0.25, 0.3) is 0 Å². The van der Waals surface area contributed by atoms with Crippen molar-refractivity contribution >= 4 is 34.9 Å². The number of hydrogen-bond acceptors (Lipinski definition) is 2. The molecule has 0 spiro atoms. The van der Waals surface area contributed by atoms with Crippen LogP contribution < -0.4 is 16.0 Å². The molecule has 0 radical (unpaired) electrons. The number of anilines is 2. The van der Waals surface area contributed by atoms with Crippen LogP contribution in [-0.4, -0.2) is 18.0 Å². The zero-order valence-electron chi connectivity index (χ0n) is 14.5. The third kappa shape index (κ3) is 5.50. The first-order chi connectivity index (χ1) is 11.9. The summed E-state index contributed by atoms with van der Waals surface area (Å²) in [6, 6.07) is 13.3. The first-order valence-corrected chi connectivity index (χ1v) is 8.44. The van der Waals surface area contributed by atoms with Crippen molar-refractivity contribution in [3.8, 4) is 0 Å². The highest BCUT2D eigenvalue weighted by molar-refractivity contribution is 6.31. The van der Waals surface area contributed by atoms with Crippen molar-refractivity contribution in [2.45, 2.75) is 26.8 Å². The van der Waals surface area contributed by atoms with Crippen molar-refractivity contribution < 1.29 is 9.59 Å². The summed E-state index contributed by atoms with van der Waals surface area (Å²) in [5, 5.41) is 8.80. The molecule has 0 aliphatic carbocycles. The normalized spacial score (nSPS) is 11.7. The Balaban J connectivity index is 2.02. The lowest BCUT2D eigenvalue weighted by molar-refractivity contribution is -0.118. The van der Waals surface area contributed by atoms with E-state index in [0.29, 0.717) is 16.4 Å². The molecule has 0 aromatic heterocycles. The Labute approximate surface area is 152 Å². The Morgan fingerprint density at radius 2 is 1.64 bits per heavy atom. The molecular weight excluding hydrogens is 338 g/mol. The van der Waals surface area contributed by atoms with Gasteiger partial charge in [0, 0.05) is 16.4 Å². The summed E-state index contributed by atoms with van der Waals surface area (Å²) in [5.41, 5.74) is 2.19. The average molecular weight is 360 g/mol. The fraction of sp³-hybridized carbons (Fsp3) is 0.263. The largest absolute Gasteiger partial charge is 0.326 e. The van der Waals surface area contributed by atoms with E-state index in [4.69, 9.17) is 11.6 Å². The smallest absolute Gasteiger partial charge is 0.319 e. The van der Waals surface area contributed by atoms with Crippen molar-refractivity contribution in [3.05, 3.63) is 59.1 Å². The minimum Gasteiger partial charge on any atom is -0.326 e. The van der Waals surface area contributed by atoms with Gasteiger partial charge in [-0.3, -0.25) is 4.79 Å². The average Bonchev–Trinajstić information content (AvgIpc) is 2.56. The van der Waals surface area contributed by atoms with E-state index in [2.05, 4.69) is 16.0 Å². The van der Waals surface area contributed by atoms with Crippen molar-refractivity contribution in [3.63, 3.8) is 0 Å². The molecule has 3 N–H and O–H groups in total. The second kappa shape index (κ2) is 8.53. The monoisotopic (exact) mass is 359 g/mol. The molecule has 0 bridgehead atoms. The van der Waals surface area contributed by atoms with Gasteiger partial charge in [0.1, 0.15) is 6.04 Å². The molecule has 0 heterocycles. The molecule has 6 heteroatoms. The predicted molar refractivity (Wildman–Crippen MR) is 102 cm³/mol. The van der Waals surface area contributed by atoms with Crippen LogP contribution in [0.3, 0.4) is 0 Å². The van der Waals surface area contributed by atoms with Gasteiger partial charge >= 0.3 is 6.03 Å². The lowest BCUT2D eigenvalue weighted by Crippen LogP contribution is -2.48. The number of amides is 3. The van der Waals surface area contributed by atoms with Crippen LogP contribution >= 0.6 is 11.6 Å². The number of rotatable bonds is 5. The lowest BCUT2D eigenvalue weighted by Gasteiger charge is -2.22. The second-order valence-electron chi connectivity index (χ2n) is 6.14. The zero-order valence-corrected chi connectivity index (χ0v) is 15.2. The van der Waals surface area contributed by atoms with Gasteiger partial charge in [0.05, 0.1) is 0 Å². The Hall–Kier alpha value is -2.53. The van der Waals surface area contributed by atoms with E-state index in [1.165, 1.54) is 0 Å². The van der Waals surface area contributed by atoms with Crippen LogP contribution in [0.1, 0.15) is 19.4 Å². The molecule has 0 aliphatic rings. The zero-order chi connectivity index (χ0) is 18.4. The van der Waals surface area contributed by atoms with Crippen molar-refractivity contribution in [1.82, 2.24) is 5.32 Å². The van der Waals surface area contributed by atoms with Crippen LogP contribution in [0.2, 0.25) is 5.02 Å². The minimum atomic E-state index is -0.677. The minimum absolute atomic E-state index is 0.0811. The number of para-hydroxylation sites is 1. The summed E-state index contributed by atoms with van der Waals surface area (Å²) in [6.07, 6.45) is 0. The molecule has 0 saturated heterocycles. The number of nitrogens with one attached hydrogen (secondary N) is 3. The molecule has 2 aromatic rings. The summed E-state index contributed by atoms with van der Waals surface area (Å²) < 4.78 is 0. The Morgan fingerprint density at radius 1 is 0.960 bits per heavy atom. The maximum Gasteiger partial charge on any atom is 0.319 e. The molecule has 1 unspecified atom stereocenters. The number of benzene rings is 2. The number of aryl methyl sites for hydroxylation is 1. The number of halogens is 1. The van der Waals surface area contributed by atoms with Gasteiger partial charge < -0.3 is 16.0 Å². The van der Waals surface area contributed by atoms with Crippen molar-refractivity contribution in [1.29, 1.82) is 0 Å². The molecule has 0 fully saturated rings. The molecule has 132 valence electrons. The Kier molecular flexibility index (Phi) is 6.42. The molecule has 0 saturated carbocycles. The Morgan fingerprint density at radius 3 is 2.24 bits per heavy atom. The van der Waals surface area contributed by atoms with E-state index in [1.807, 2.05) is 45.0 Å². The maximum atomic E-state index is 12.5. The van der Waals surface area contributed by atoms with Crippen LogP contribution in [0, 0.1) is 12.8 Å². The van der Waals surface area contributed by atoms with Crippen LogP contribution in [0.4, 0.5) is 16.2 Å². The van der Waals surface area contributed by atoms with E-state index in [-0.39, 0.29) is 11.8 Å². The number of carbonyl (C=O) groups excluding carboxylic acids is 2. The number of urea groups is 1. The Bertz CT molecular complexity index is 748. The highest BCUT2D eigenvalue weighted by Gasteiger charge is 2.24. The van der Waals surface area contributed by atoms with Gasteiger partial charge in [0.2, 0.25) is 5.91 Å². The summed E-state index contributed by atoms with van der Waals surface area (Å²) in [5.74, 6) is -0.374. The van der Waals surface area contributed by atoms with Crippen LogP contribution in [-0.2, 0) is 4.79 Å². The molecule has 0 aliphatic heterocycles. The topological polar surface area (TPSA) is 70.2 Å². The van der Waals surface area contributed by atoms with E-state index < -0.39 is 12.1 Å². The molecule has 5 nitrogen and oxygen atoms in total. The first-order valence-electron chi connectivity index (χ1n) is 8.06. The molecular formula is C19H22ClN3O2. The standard InChI is InChI=1S/C19H22ClN3O2/c1-12(2)17(23-19(25)22-14-7-5-4-6-8-14)18(24)21-15-10-9-13(3)16(20)11-15/h4-12,17H,1-3H3,(H,21,24)(H2,22,23,25). The fourth-order valence-electron chi connectivity index (χ4n) is 2.26. The molecule has 2 aromatic carbocycles. The fourth-order valence-corrected chi connectivity index (χ4v) is 2.44. The maximum absolute atomic E-state index is 12.5. The summed E-state index contributed by atoms with van der Waals surface area (Å²) >= 11 is 6.08. The number of carbonyl (C=O) groups is 2. The van der Waals surface area contributed by atoms with Gasteiger partial charge in [-0.25, -0.2) is 4.79 Å². The van der Waals surface area contributed by atoms with Gasteiger partial charge in [-0.1, -0.05) is 49.7 Å². The summed E-state index contributed by atoms with van der Waals surface area (Å²) in [7, 11) is 0.